The fraction of sp³-hybridized carbons (Fsp3) is 0.118. The molecule has 0 amide bonds. The second-order valence-corrected chi connectivity index (χ2v) is 4.90. The largest absolute Gasteiger partial charge is 0.505 e. The van der Waals surface area contributed by atoms with Gasteiger partial charge in [-0.3, -0.25) is 15.1 Å². The first-order chi connectivity index (χ1) is 10.5. The third-order valence-corrected chi connectivity index (χ3v) is 3.13. The monoisotopic (exact) mass is 296 g/mol. The third kappa shape index (κ3) is 3.58. The van der Waals surface area contributed by atoms with Gasteiger partial charge in [-0.1, -0.05) is 18.2 Å². The maximum atomic E-state index is 10.9. The number of allylic oxidation sites excluding steroid dienone is 1. The minimum absolute atomic E-state index is 0.0430. The van der Waals surface area contributed by atoms with E-state index in [-0.39, 0.29) is 11.4 Å². The molecule has 2 aromatic rings. The molecule has 0 atom stereocenters. The van der Waals surface area contributed by atoms with Crippen molar-refractivity contribution >= 4 is 23.7 Å². The molecule has 0 radical (unpaired) electrons. The van der Waals surface area contributed by atoms with Crippen LogP contribution in [0.15, 0.2) is 47.5 Å². The van der Waals surface area contributed by atoms with Gasteiger partial charge in [-0.25, -0.2) is 0 Å². The summed E-state index contributed by atoms with van der Waals surface area (Å²) in [5.74, 6) is 0.140. The van der Waals surface area contributed by atoms with Crippen molar-refractivity contribution in [2.45, 2.75) is 13.8 Å². The Morgan fingerprint density at radius 3 is 2.68 bits per heavy atom. The van der Waals surface area contributed by atoms with Crippen molar-refractivity contribution in [2.75, 3.05) is 0 Å². The molecule has 0 saturated heterocycles. The number of rotatable bonds is 4. The highest BCUT2D eigenvalue weighted by atomic mass is 16.6. The van der Waals surface area contributed by atoms with Gasteiger partial charge in [-0.2, -0.15) is 0 Å². The molecule has 0 aliphatic carbocycles. The maximum Gasteiger partial charge on any atom is 0.276 e. The zero-order valence-electron chi connectivity index (χ0n) is 12.4. The number of hydrogen-bond acceptors (Lipinski definition) is 4. The molecule has 112 valence electrons. The van der Waals surface area contributed by atoms with Crippen molar-refractivity contribution in [1.29, 1.82) is 0 Å². The number of aryl methyl sites for hydroxylation is 2. The number of nitro groups is 1. The molecule has 5 nitrogen and oxygen atoms in total. The Bertz CT molecular complexity index is 764. The van der Waals surface area contributed by atoms with E-state index in [0.717, 1.165) is 11.1 Å². The molecule has 1 N–H and O–H groups in total. The van der Waals surface area contributed by atoms with Gasteiger partial charge in [0, 0.05) is 12.3 Å². The molecule has 0 fully saturated rings. The Morgan fingerprint density at radius 2 is 1.95 bits per heavy atom. The average molecular weight is 296 g/mol. The normalized spacial score (nSPS) is 11.4. The number of nitro benzene ring substituents is 1. The molecule has 22 heavy (non-hydrogen) atoms. The lowest BCUT2D eigenvalue weighted by Gasteiger charge is -2.03. The Kier molecular flexibility index (Phi) is 4.68. The molecule has 2 rings (SSSR count). The van der Waals surface area contributed by atoms with E-state index in [2.05, 4.69) is 4.99 Å². The minimum Gasteiger partial charge on any atom is -0.505 e. The average Bonchev–Trinajstić information content (AvgIpc) is 2.48. The molecule has 0 aliphatic heterocycles. The second kappa shape index (κ2) is 6.67. The SMILES string of the molecule is Cc1cc(C)c(O)c(N=CC=Cc2ccccc2[N+](=O)[O-])c1. The summed E-state index contributed by atoms with van der Waals surface area (Å²) in [7, 11) is 0. The van der Waals surface area contributed by atoms with Crippen molar-refractivity contribution in [1.82, 2.24) is 0 Å². The predicted octanol–water partition coefficient (Wildman–Crippen LogP) is 4.33. The molecule has 0 heterocycles. The summed E-state index contributed by atoms with van der Waals surface area (Å²) in [6, 6.07) is 10.1. The van der Waals surface area contributed by atoms with Gasteiger partial charge < -0.3 is 5.11 Å². The smallest absolute Gasteiger partial charge is 0.276 e. The molecule has 0 bridgehead atoms. The molecule has 5 heteroatoms. The van der Waals surface area contributed by atoms with Crippen LogP contribution in [0.5, 0.6) is 5.75 Å². The molecule has 0 unspecified atom stereocenters. The third-order valence-electron chi connectivity index (χ3n) is 3.13. The number of phenolic OH excluding ortho intramolecular Hbond substituents is 1. The van der Waals surface area contributed by atoms with Crippen LogP contribution in [-0.2, 0) is 0 Å². The van der Waals surface area contributed by atoms with E-state index in [1.54, 1.807) is 36.4 Å². The first kappa shape index (κ1) is 15.4. The number of benzene rings is 2. The lowest BCUT2D eigenvalue weighted by molar-refractivity contribution is -0.385. The van der Waals surface area contributed by atoms with Crippen molar-refractivity contribution in [3.63, 3.8) is 0 Å². The van der Waals surface area contributed by atoms with Crippen LogP contribution in [0.3, 0.4) is 0 Å². The second-order valence-electron chi connectivity index (χ2n) is 4.90. The molecule has 2 aromatic carbocycles. The summed E-state index contributed by atoms with van der Waals surface area (Å²) in [6.07, 6.45) is 4.73. The highest BCUT2D eigenvalue weighted by Crippen LogP contribution is 2.30. The fourth-order valence-electron chi connectivity index (χ4n) is 2.10. The van der Waals surface area contributed by atoms with Crippen LogP contribution < -0.4 is 0 Å². The molecular weight excluding hydrogens is 280 g/mol. The predicted molar refractivity (Wildman–Crippen MR) is 87.9 cm³/mol. The van der Waals surface area contributed by atoms with Gasteiger partial charge in [0.05, 0.1) is 10.5 Å². The van der Waals surface area contributed by atoms with Crippen LogP contribution in [0.1, 0.15) is 16.7 Å². The van der Waals surface area contributed by atoms with Crippen molar-refractivity contribution in [3.8, 4) is 5.75 Å². The summed E-state index contributed by atoms with van der Waals surface area (Å²) in [4.78, 5) is 14.7. The topological polar surface area (TPSA) is 75.7 Å². The number of aliphatic imine (C=N–C) groups is 1. The van der Waals surface area contributed by atoms with E-state index in [0.29, 0.717) is 11.3 Å². The minimum atomic E-state index is -0.424. The lowest BCUT2D eigenvalue weighted by Crippen LogP contribution is -1.90. The summed E-state index contributed by atoms with van der Waals surface area (Å²) in [5, 5.41) is 20.8. The van der Waals surface area contributed by atoms with Crippen LogP contribution in [0, 0.1) is 24.0 Å². The molecule has 0 aromatic heterocycles. The first-order valence-electron chi connectivity index (χ1n) is 6.73. The zero-order valence-corrected chi connectivity index (χ0v) is 12.4. The Morgan fingerprint density at radius 1 is 1.23 bits per heavy atom. The van der Waals surface area contributed by atoms with E-state index in [9.17, 15) is 15.2 Å². The molecular formula is C17H16N2O3. The first-order valence-corrected chi connectivity index (χ1v) is 6.73. The van der Waals surface area contributed by atoms with E-state index >= 15 is 0 Å². The van der Waals surface area contributed by atoms with E-state index in [1.165, 1.54) is 12.3 Å². The lowest BCUT2D eigenvalue weighted by atomic mass is 10.1. The van der Waals surface area contributed by atoms with Crippen LogP contribution in [-0.4, -0.2) is 16.2 Å². The fourth-order valence-corrected chi connectivity index (χ4v) is 2.10. The zero-order chi connectivity index (χ0) is 16.1. The molecule has 0 spiro atoms. The Balaban J connectivity index is 2.22. The number of para-hydroxylation sites is 1. The van der Waals surface area contributed by atoms with Gasteiger partial charge >= 0.3 is 0 Å². The van der Waals surface area contributed by atoms with Gasteiger partial charge in [0.15, 0.2) is 0 Å². The van der Waals surface area contributed by atoms with Crippen LogP contribution in [0.25, 0.3) is 6.08 Å². The van der Waals surface area contributed by atoms with Crippen molar-refractivity contribution in [3.05, 3.63) is 69.3 Å². The van der Waals surface area contributed by atoms with Gasteiger partial charge in [-0.15, -0.1) is 0 Å². The summed E-state index contributed by atoms with van der Waals surface area (Å²) >= 11 is 0. The highest BCUT2D eigenvalue weighted by Gasteiger charge is 2.08. The summed E-state index contributed by atoms with van der Waals surface area (Å²) in [5.41, 5.74) is 2.79. The summed E-state index contributed by atoms with van der Waals surface area (Å²) < 4.78 is 0. The maximum absolute atomic E-state index is 10.9. The van der Waals surface area contributed by atoms with Crippen LogP contribution >= 0.6 is 0 Å². The van der Waals surface area contributed by atoms with Gasteiger partial charge in [-0.05, 0) is 49.3 Å². The van der Waals surface area contributed by atoms with Crippen molar-refractivity contribution in [2.24, 2.45) is 4.99 Å². The van der Waals surface area contributed by atoms with Crippen LogP contribution in [0.4, 0.5) is 11.4 Å². The van der Waals surface area contributed by atoms with E-state index in [1.807, 2.05) is 19.9 Å². The van der Waals surface area contributed by atoms with Gasteiger partial charge in [0.2, 0.25) is 0 Å². The number of phenols is 1. The standard InChI is InChI=1S/C17H16N2O3/c1-12-10-13(2)17(20)15(11-12)18-9-5-7-14-6-3-4-8-16(14)19(21)22/h3-11,20H,1-2H3. The molecule has 0 aliphatic rings. The van der Waals surface area contributed by atoms with Gasteiger partial charge in [0.1, 0.15) is 11.4 Å². The number of hydrogen-bond donors (Lipinski definition) is 1. The van der Waals surface area contributed by atoms with Crippen molar-refractivity contribution < 1.29 is 10.0 Å². The Hall–Kier alpha value is -2.95. The highest BCUT2D eigenvalue weighted by molar-refractivity contribution is 5.82. The number of nitrogens with zero attached hydrogens (tertiary/aromatic N) is 2. The summed E-state index contributed by atoms with van der Waals surface area (Å²) in [6.45, 7) is 3.74. The van der Waals surface area contributed by atoms with E-state index < -0.39 is 4.92 Å². The Labute approximate surface area is 128 Å². The van der Waals surface area contributed by atoms with E-state index in [4.69, 9.17) is 0 Å². The van der Waals surface area contributed by atoms with Gasteiger partial charge in [0.25, 0.3) is 5.69 Å². The molecule has 0 saturated carbocycles. The quantitative estimate of drug-likeness (QED) is 0.518. The number of aromatic hydroxyl groups is 1. The van der Waals surface area contributed by atoms with Crippen LogP contribution in [0.2, 0.25) is 0 Å².